The molecule has 17 heavy (non-hydrogen) atoms. The van der Waals surface area contributed by atoms with Crippen LogP contribution in [0.2, 0.25) is 0 Å². The summed E-state index contributed by atoms with van der Waals surface area (Å²) in [5, 5.41) is 16.7. The molecule has 1 fully saturated rings. The van der Waals surface area contributed by atoms with Crippen LogP contribution < -0.4 is 10.6 Å². The number of nitrogens with zero attached hydrogens (tertiary/aromatic N) is 1. The average molecular weight is 239 g/mol. The second-order valence-electron chi connectivity index (χ2n) is 4.11. The predicted octanol–water partition coefficient (Wildman–Crippen LogP) is 1.90. The molecule has 2 N–H and O–H groups in total. The SMILES string of the molecule is O=[N+]([O-])c1ccc(NC2CCCNC2)c(F)c1. The summed E-state index contributed by atoms with van der Waals surface area (Å²) in [7, 11) is 0. The van der Waals surface area contributed by atoms with Gasteiger partial charge in [-0.2, -0.15) is 0 Å². The third kappa shape index (κ3) is 2.91. The zero-order valence-electron chi connectivity index (χ0n) is 9.28. The molecule has 0 spiro atoms. The number of hydrogen-bond donors (Lipinski definition) is 2. The Kier molecular flexibility index (Phi) is 3.53. The molecule has 0 amide bonds. The van der Waals surface area contributed by atoms with Gasteiger partial charge in [-0.3, -0.25) is 10.1 Å². The normalized spacial score (nSPS) is 19.9. The van der Waals surface area contributed by atoms with E-state index in [2.05, 4.69) is 10.6 Å². The van der Waals surface area contributed by atoms with E-state index in [1.165, 1.54) is 12.1 Å². The van der Waals surface area contributed by atoms with Crippen LogP contribution in [0, 0.1) is 15.9 Å². The standard InChI is InChI=1S/C11H14FN3O2/c12-10-6-9(15(16)17)3-4-11(10)14-8-2-1-5-13-7-8/h3-4,6,8,13-14H,1-2,5,7H2. The molecule has 1 atom stereocenters. The molecular weight excluding hydrogens is 225 g/mol. The maximum Gasteiger partial charge on any atom is 0.272 e. The molecule has 1 unspecified atom stereocenters. The number of halogens is 1. The molecule has 1 aliphatic heterocycles. The fourth-order valence-electron chi connectivity index (χ4n) is 1.93. The van der Waals surface area contributed by atoms with Crippen LogP contribution in [0.25, 0.3) is 0 Å². The van der Waals surface area contributed by atoms with Gasteiger partial charge < -0.3 is 10.6 Å². The van der Waals surface area contributed by atoms with Gasteiger partial charge in [0.1, 0.15) is 0 Å². The highest BCUT2D eigenvalue weighted by Gasteiger charge is 2.16. The van der Waals surface area contributed by atoms with Crippen molar-refractivity contribution < 1.29 is 9.31 Å². The molecule has 1 aromatic rings. The largest absolute Gasteiger partial charge is 0.379 e. The van der Waals surface area contributed by atoms with Crippen molar-refractivity contribution in [3.8, 4) is 0 Å². The van der Waals surface area contributed by atoms with Gasteiger partial charge in [-0.25, -0.2) is 4.39 Å². The van der Waals surface area contributed by atoms with Gasteiger partial charge in [-0.05, 0) is 25.5 Å². The second-order valence-corrected chi connectivity index (χ2v) is 4.11. The summed E-state index contributed by atoms with van der Waals surface area (Å²) in [6.45, 7) is 1.78. The van der Waals surface area contributed by atoms with Crippen LogP contribution >= 0.6 is 0 Å². The summed E-state index contributed by atoms with van der Waals surface area (Å²) >= 11 is 0. The van der Waals surface area contributed by atoms with Gasteiger partial charge in [0, 0.05) is 18.7 Å². The minimum absolute atomic E-state index is 0.180. The molecule has 1 heterocycles. The summed E-state index contributed by atoms with van der Waals surface area (Å²) in [4.78, 5) is 9.86. The fourth-order valence-corrected chi connectivity index (χ4v) is 1.93. The van der Waals surface area contributed by atoms with Crippen molar-refractivity contribution in [1.82, 2.24) is 5.32 Å². The monoisotopic (exact) mass is 239 g/mol. The van der Waals surface area contributed by atoms with E-state index in [1.807, 2.05) is 0 Å². The van der Waals surface area contributed by atoms with E-state index in [-0.39, 0.29) is 11.7 Å². The van der Waals surface area contributed by atoms with Crippen molar-refractivity contribution in [2.24, 2.45) is 0 Å². The van der Waals surface area contributed by atoms with E-state index in [0.29, 0.717) is 5.69 Å². The number of piperidine rings is 1. The first-order valence-electron chi connectivity index (χ1n) is 5.58. The molecular formula is C11H14FN3O2. The number of anilines is 1. The van der Waals surface area contributed by atoms with Gasteiger partial charge in [-0.1, -0.05) is 0 Å². The Morgan fingerprint density at radius 2 is 2.35 bits per heavy atom. The topological polar surface area (TPSA) is 67.2 Å². The van der Waals surface area contributed by atoms with Crippen LogP contribution in [0.1, 0.15) is 12.8 Å². The lowest BCUT2D eigenvalue weighted by Gasteiger charge is -2.24. The first-order chi connectivity index (χ1) is 8.16. The van der Waals surface area contributed by atoms with E-state index >= 15 is 0 Å². The van der Waals surface area contributed by atoms with Crippen molar-refractivity contribution in [3.05, 3.63) is 34.1 Å². The van der Waals surface area contributed by atoms with Crippen molar-refractivity contribution in [3.63, 3.8) is 0 Å². The van der Waals surface area contributed by atoms with Gasteiger partial charge in [0.25, 0.3) is 5.69 Å². The minimum Gasteiger partial charge on any atom is -0.379 e. The summed E-state index contributed by atoms with van der Waals surface area (Å²) in [5.41, 5.74) is 0.0964. The zero-order chi connectivity index (χ0) is 12.3. The number of nitrogens with one attached hydrogen (secondary N) is 2. The van der Waals surface area contributed by atoms with Gasteiger partial charge >= 0.3 is 0 Å². The third-order valence-electron chi connectivity index (χ3n) is 2.82. The molecule has 1 aromatic carbocycles. The number of nitro benzene ring substituents is 1. The third-order valence-corrected chi connectivity index (χ3v) is 2.82. The number of nitro groups is 1. The van der Waals surface area contributed by atoms with Crippen LogP contribution in [0.4, 0.5) is 15.8 Å². The molecule has 5 nitrogen and oxygen atoms in total. The Morgan fingerprint density at radius 1 is 1.53 bits per heavy atom. The van der Waals surface area contributed by atoms with Gasteiger partial charge in [0.2, 0.25) is 0 Å². The molecule has 2 rings (SSSR count). The summed E-state index contributed by atoms with van der Waals surface area (Å²) in [6.07, 6.45) is 2.02. The van der Waals surface area contributed by atoms with E-state index in [4.69, 9.17) is 0 Å². The molecule has 1 saturated heterocycles. The molecule has 92 valence electrons. The maximum absolute atomic E-state index is 13.6. The van der Waals surface area contributed by atoms with E-state index in [0.717, 1.165) is 32.0 Å². The van der Waals surface area contributed by atoms with Gasteiger partial charge in [0.05, 0.1) is 16.7 Å². The molecule has 0 radical (unpaired) electrons. The Morgan fingerprint density at radius 3 is 2.94 bits per heavy atom. The van der Waals surface area contributed by atoms with E-state index < -0.39 is 10.7 Å². The lowest BCUT2D eigenvalue weighted by Crippen LogP contribution is -2.38. The smallest absolute Gasteiger partial charge is 0.272 e. The second kappa shape index (κ2) is 5.09. The van der Waals surface area contributed by atoms with Gasteiger partial charge in [0.15, 0.2) is 5.82 Å². The van der Waals surface area contributed by atoms with Gasteiger partial charge in [-0.15, -0.1) is 0 Å². The molecule has 0 bridgehead atoms. The molecule has 6 heteroatoms. The van der Waals surface area contributed by atoms with Crippen LogP contribution in [-0.4, -0.2) is 24.1 Å². The highest BCUT2D eigenvalue weighted by molar-refractivity contribution is 5.50. The van der Waals surface area contributed by atoms with Crippen LogP contribution in [0.15, 0.2) is 18.2 Å². The van der Waals surface area contributed by atoms with Crippen LogP contribution in [-0.2, 0) is 0 Å². The molecule has 0 aromatic heterocycles. The van der Waals surface area contributed by atoms with Crippen molar-refractivity contribution in [1.29, 1.82) is 0 Å². The predicted molar refractivity (Wildman–Crippen MR) is 62.6 cm³/mol. The van der Waals surface area contributed by atoms with E-state index in [9.17, 15) is 14.5 Å². The lowest BCUT2D eigenvalue weighted by molar-refractivity contribution is -0.385. The summed E-state index contributed by atoms with van der Waals surface area (Å²) in [6, 6.07) is 3.85. The number of non-ortho nitro benzene ring substituents is 1. The fraction of sp³-hybridized carbons (Fsp3) is 0.455. The summed E-state index contributed by atoms with van der Waals surface area (Å²) in [5.74, 6) is -0.579. The first-order valence-corrected chi connectivity index (χ1v) is 5.58. The number of benzene rings is 1. The van der Waals surface area contributed by atoms with Crippen LogP contribution in [0.3, 0.4) is 0 Å². The Bertz CT molecular complexity index is 419. The highest BCUT2D eigenvalue weighted by atomic mass is 19.1. The highest BCUT2D eigenvalue weighted by Crippen LogP contribution is 2.22. The molecule has 1 aliphatic rings. The van der Waals surface area contributed by atoms with Crippen LogP contribution in [0.5, 0.6) is 0 Å². The Balaban J connectivity index is 2.08. The number of hydrogen-bond acceptors (Lipinski definition) is 4. The Hall–Kier alpha value is -1.69. The quantitative estimate of drug-likeness (QED) is 0.624. The first kappa shape index (κ1) is 11.8. The van der Waals surface area contributed by atoms with Crippen molar-refractivity contribution >= 4 is 11.4 Å². The van der Waals surface area contributed by atoms with Crippen molar-refractivity contribution in [2.45, 2.75) is 18.9 Å². The average Bonchev–Trinajstić information content (AvgIpc) is 2.33. The van der Waals surface area contributed by atoms with Crippen molar-refractivity contribution in [2.75, 3.05) is 18.4 Å². The number of rotatable bonds is 3. The Labute approximate surface area is 98.2 Å². The molecule has 0 saturated carbocycles. The minimum atomic E-state index is -0.602. The lowest BCUT2D eigenvalue weighted by atomic mass is 10.1. The van der Waals surface area contributed by atoms with E-state index in [1.54, 1.807) is 0 Å². The maximum atomic E-state index is 13.6. The molecule has 0 aliphatic carbocycles. The summed E-state index contributed by atoms with van der Waals surface area (Å²) < 4.78 is 13.6. The zero-order valence-corrected chi connectivity index (χ0v) is 9.28.